The van der Waals surface area contributed by atoms with Gasteiger partial charge in [0.25, 0.3) is 0 Å². The number of hydrogen-bond donors (Lipinski definition) is 0. The fourth-order valence-electron chi connectivity index (χ4n) is 3.60. The smallest absolute Gasteiger partial charge is 0.158 e. The van der Waals surface area contributed by atoms with Gasteiger partial charge in [0, 0.05) is 31.7 Å². The van der Waals surface area contributed by atoms with Crippen LogP contribution >= 0.6 is 0 Å². The van der Waals surface area contributed by atoms with E-state index in [9.17, 15) is 4.39 Å². The highest BCUT2D eigenvalue weighted by Crippen LogP contribution is 2.32. The lowest BCUT2D eigenvalue weighted by atomic mass is 10.1. The van der Waals surface area contributed by atoms with Crippen LogP contribution in [-0.4, -0.2) is 31.0 Å². The first-order chi connectivity index (χ1) is 12.6. The van der Waals surface area contributed by atoms with Crippen molar-refractivity contribution in [1.29, 1.82) is 0 Å². The summed E-state index contributed by atoms with van der Waals surface area (Å²) >= 11 is 0. The number of hydrogen-bond acceptors (Lipinski definition) is 4. The van der Waals surface area contributed by atoms with Gasteiger partial charge in [-0.05, 0) is 50.1 Å². The molecule has 6 heteroatoms. The van der Waals surface area contributed by atoms with Crippen LogP contribution in [0.5, 0.6) is 0 Å². The zero-order valence-corrected chi connectivity index (χ0v) is 15.1. The first kappa shape index (κ1) is 16.8. The van der Waals surface area contributed by atoms with Crippen LogP contribution in [0.4, 0.5) is 4.39 Å². The van der Waals surface area contributed by atoms with Gasteiger partial charge in [0.15, 0.2) is 5.82 Å². The quantitative estimate of drug-likeness (QED) is 0.720. The molecular formula is C20H22FN5. The van der Waals surface area contributed by atoms with Gasteiger partial charge < -0.3 is 4.57 Å². The van der Waals surface area contributed by atoms with E-state index in [-0.39, 0.29) is 11.9 Å². The summed E-state index contributed by atoms with van der Waals surface area (Å²) in [6.45, 7) is 3.77. The summed E-state index contributed by atoms with van der Waals surface area (Å²) in [4.78, 5) is 16.3. The molecule has 2 aromatic heterocycles. The van der Waals surface area contributed by atoms with Gasteiger partial charge in [-0.25, -0.2) is 19.3 Å². The topological polar surface area (TPSA) is 46.8 Å². The molecule has 0 aliphatic carbocycles. The van der Waals surface area contributed by atoms with Gasteiger partial charge in [0.05, 0.1) is 6.04 Å². The predicted octanol–water partition coefficient (Wildman–Crippen LogP) is 3.66. The van der Waals surface area contributed by atoms with Crippen LogP contribution in [-0.2, 0) is 13.6 Å². The standard InChI is InChI=1S/C20H22FN5/c1-14-12-17(20-22-9-11-25(20)2)24-19(23-14)18-4-3-10-26(18)13-15-5-7-16(21)8-6-15/h5-9,11-12,18H,3-4,10,13H2,1-2H3/t18-/m1/s1. The molecule has 0 N–H and O–H groups in total. The summed E-state index contributed by atoms with van der Waals surface area (Å²) in [5.74, 6) is 1.50. The fraction of sp³-hybridized carbons (Fsp3) is 0.350. The van der Waals surface area contributed by atoms with E-state index in [1.54, 1.807) is 6.20 Å². The van der Waals surface area contributed by atoms with Gasteiger partial charge in [0.2, 0.25) is 0 Å². The van der Waals surface area contributed by atoms with Crippen molar-refractivity contribution in [3.63, 3.8) is 0 Å². The van der Waals surface area contributed by atoms with Crippen LogP contribution < -0.4 is 0 Å². The Morgan fingerprint density at radius 3 is 2.73 bits per heavy atom. The zero-order chi connectivity index (χ0) is 18.1. The van der Waals surface area contributed by atoms with Crippen LogP contribution in [0.1, 0.15) is 36.0 Å². The maximum Gasteiger partial charge on any atom is 0.158 e. The Bertz CT molecular complexity index is 903. The number of aromatic nitrogens is 4. The van der Waals surface area contributed by atoms with Crippen molar-refractivity contribution in [3.05, 3.63) is 65.6 Å². The molecule has 1 fully saturated rings. The third-order valence-electron chi connectivity index (χ3n) is 4.88. The summed E-state index contributed by atoms with van der Waals surface area (Å²) in [6, 6.07) is 8.89. The van der Waals surface area contributed by atoms with E-state index in [2.05, 4.69) is 9.88 Å². The molecule has 26 heavy (non-hydrogen) atoms. The molecule has 134 valence electrons. The molecule has 1 aliphatic heterocycles. The van der Waals surface area contributed by atoms with E-state index in [4.69, 9.17) is 9.97 Å². The van der Waals surface area contributed by atoms with Gasteiger partial charge in [0.1, 0.15) is 17.3 Å². The second-order valence-electron chi connectivity index (χ2n) is 6.87. The Morgan fingerprint density at radius 2 is 2.00 bits per heavy atom. The average Bonchev–Trinajstić information content (AvgIpc) is 3.25. The first-order valence-corrected chi connectivity index (χ1v) is 8.92. The molecule has 0 unspecified atom stereocenters. The highest BCUT2D eigenvalue weighted by Gasteiger charge is 2.29. The Balaban J connectivity index is 1.62. The van der Waals surface area contributed by atoms with E-state index in [0.29, 0.717) is 0 Å². The van der Waals surface area contributed by atoms with Crippen LogP contribution in [0.25, 0.3) is 11.5 Å². The van der Waals surface area contributed by atoms with E-state index < -0.39 is 0 Å². The largest absolute Gasteiger partial charge is 0.333 e. The number of likely N-dealkylation sites (tertiary alicyclic amines) is 1. The Kier molecular flexibility index (Phi) is 4.51. The van der Waals surface area contributed by atoms with Crippen LogP contribution in [0.3, 0.4) is 0 Å². The molecule has 0 spiro atoms. The molecule has 0 radical (unpaired) electrons. The Labute approximate surface area is 152 Å². The van der Waals surface area contributed by atoms with Crippen LogP contribution in [0.15, 0.2) is 42.7 Å². The summed E-state index contributed by atoms with van der Waals surface area (Å²) in [5.41, 5.74) is 2.91. The molecule has 0 bridgehead atoms. The fourth-order valence-corrected chi connectivity index (χ4v) is 3.60. The molecule has 4 rings (SSSR count). The molecule has 1 aromatic carbocycles. The molecule has 5 nitrogen and oxygen atoms in total. The van der Waals surface area contributed by atoms with E-state index in [0.717, 1.165) is 54.5 Å². The number of rotatable bonds is 4. The van der Waals surface area contributed by atoms with E-state index in [1.165, 1.54) is 12.1 Å². The number of benzene rings is 1. The molecule has 1 atom stereocenters. The average molecular weight is 351 g/mol. The Hall–Kier alpha value is -2.60. The normalized spacial score (nSPS) is 17.7. The van der Waals surface area contributed by atoms with Crippen LogP contribution in [0.2, 0.25) is 0 Å². The van der Waals surface area contributed by atoms with Gasteiger partial charge in [-0.2, -0.15) is 0 Å². The molecule has 0 saturated carbocycles. The third-order valence-corrected chi connectivity index (χ3v) is 4.88. The predicted molar refractivity (Wildman–Crippen MR) is 97.8 cm³/mol. The van der Waals surface area contributed by atoms with E-state index >= 15 is 0 Å². The lowest BCUT2D eigenvalue weighted by Crippen LogP contribution is -2.24. The number of aryl methyl sites for hydroxylation is 2. The monoisotopic (exact) mass is 351 g/mol. The summed E-state index contributed by atoms with van der Waals surface area (Å²) < 4.78 is 15.1. The van der Waals surface area contributed by atoms with Gasteiger partial charge in [-0.1, -0.05) is 12.1 Å². The second kappa shape index (κ2) is 6.96. The first-order valence-electron chi connectivity index (χ1n) is 8.92. The van der Waals surface area contributed by atoms with Gasteiger partial charge >= 0.3 is 0 Å². The summed E-state index contributed by atoms with van der Waals surface area (Å²) in [7, 11) is 1.97. The van der Waals surface area contributed by atoms with Crippen molar-refractivity contribution in [2.24, 2.45) is 7.05 Å². The molecule has 1 saturated heterocycles. The lowest BCUT2D eigenvalue weighted by molar-refractivity contribution is 0.239. The zero-order valence-electron chi connectivity index (χ0n) is 15.1. The minimum Gasteiger partial charge on any atom is -0.333 e. The number of nitrogens with zero attached hydrogens (tertiary/aromatic N) is 5. The molecule has 1 aliphatic rings. The number of imidazole rings is 1. The van der Waals surface area contributed by atoms with E-state index in [1.807, 2.05) is 42.9 Å². The Morgan fingerprint density at radius 1 is 1.19 bits per heavy atom. The van der Waals surface area contributed by atoms with Crippen molar-refractivity contribution in [1.82, 2.24) is 24.4 Å². The summed E-state index contributed by atoms with van der Waals surface area (Å²) in [6.07, 6.45) is 5.84. The SMILES string of the molecule is Cc1cc(-c2nccn2C)nc([C@H]2CCCN2Cc2ccc(F)cc2)n1. The minimum atomic E-state index is -0.201. The van der Waals surface area contributed by atoms with Gasteiger partial charge in [-0.3, -0.25) is 4.90 Å². The van der Waals surface area contributed by atoms with Crippen molar-refractivity contribution in [2.45, 2.75) is 32.4 Å². The maximum atomic E-state index is 13.2. The van der Waals surface area contributed by atoms with Crippen molar-refractivity contribution < 1.29 is 4.39 Å². The minimum absolute atomic E-state index is 0.180. The molecule has 0 amide bonds. The lowest BCUT2D eigenvalue weighted by Gasteiger charge is -2.24. The van der Waals surface area contributed by atoms with Crippen molar-refractivity contribution >= 4 is 0 Å². The molecule has 3 aromatic rings. The number of halogens is 1. The van der Waals surface area contributed by atoms with Gasteiger partial charge in [-0.15, -0.1) is 0 Å². The van der Waals surface area contributed by atoms with Crippen LogP contribution in [0, 0.1) is 12.7 Å². The third kappa shape index (κ3) is 3.37. The highest BCUT2D eigenvalue weighted by atomic mass is 19.1. The van der Waals surface area contributed by atoms with Crippen molar-refractivity contribution in [3.8, 4) is 11.5 Å². The van der Waals surface area contributed by atoms with Crippen molar-refractivity contribution in [2.75, 3.05) is 6.54 Å². The molecular weight excluding hydrogens is 329 g/mol. The maximum absolute atomic E-state index is 13.2. The molecule has 3 heterocycles. The highest BCUT2D eigenvalue weighted by molar-refractivity contribution is 5.50. The summed E-state index contributed by atoms with van der Waals surface area (Å²) in [5, 5.41) is 0. The second-order valence-corrected chi connectivity index (χ2v) is 6.87.